The molecule has 0 saturated carbocycles. The highest BCUT2D eigenvalue weighted by atomic mass is 16.6. The van der Waals surface area contributed by atoms with Crippen LogP contribution in [0.1, 0.15) is 13.3 Å². The Morgan fingerprint density at radius 3 is 3.00 bits per heavy atom. The van der Waals surface area contributed by atoms with E-state index in [1.165, 1.54) is 6.21 Å². The fourth-order valence-corrected chi connectivity index (χ4v) is 0.240. The van der Waals surface area contributed by atoms with Gasteiger partial charge in [0.05, 0.1) is 6.21 Å². The fourth-order valence-electron chi connectivity index (χ4n) is 0.240. The van der Waals surface area contributed by atoms with Crippen LogP contribution in [0.15, 0.2) is 5.16 Å². The predicted molar refractivity (Wildman–Crippen MR) is 33.8 cm³/mol. The first-order valence-electron chi connectivity index (χ1n) is 2.75. The van der Waals surface area contributed by atoms with Crippen molar-refractivity contribution in [3.63, 3.8) is 0 Å². The summed E-state index contributed by atoms with van der Waals surface area (Å²) in [5.74, 6) is 0. The van der Waals surface area contributed by atoms with Gasteiger partial charge in [-0.25, -0.2) is 0 Å². The maximum absolute atomic E-state index is 5.08. The first kappa shape index (κ1) is 7.43. The van der Waals surface area contributed by atoms with Gasteiger partial charge in [-0.15, -0.1) is 0 Å². The van der Waals surface area contributed by atoms with E-state index in [2.05, 4.69) is 5.16 Å². The van der Waals surface area contributed by atoms with Crippen LogP contribution >= 0.6 is 0 Å². The quantitative estimate of drug-likeness (QED) is 0.327. The van der Waals surface area contributed by atoms with Gasteiger partial charge in [-0.05, 0) is 6.42 Å². The Labute approximate surface area is 49.5 Å². The molecule has 0 rings (SSSR count). The highest BCUT2D eigenvalue weighted by Gasteiger charge is 1.73. The van der Waals surface area contributed by atoms with E-state index in [1.807, 2.05) is 6.92 Å². The third-order valence-electron chi connectivity index (χ3n) is 0.550. The van der Waals surface area contributed by atoms with Gasteiger partial charge in [-0.1, -0.05) is 12.1 Å². The standard InChI is InChI=1S/C5H12N2O/c1-2-5-8-7-4-3-6/h4H,2-3,5-6H2,1H3. The van der Waals surface area contributed by atoms with Crippen molar-refractivity contribution in [3.8, 4) is 0 Å². The summed E-state index contributed by atoms with van der Waals surface area (Å²) in [4.78, 5) is 4.71. The van der Waals surface area contributed by atoms with Gasteiger partial charge in [0, 0.05) is 6.54 Å². The highest BCUT2D eigenvalue weighted by molar-refractivity contribution is 5.58. The van der Waals surface area contributed by atoms with Gasteiger partial charge in [0.25, 0.3) is 0 Å². The van der Waals surface area contributed by atoms with Gasteiger partial charge in [-0.3, -0.25) is 0 Å². The van der Waals surface area contributed by atoms with Crippen LogP contribution in [0.5, 0.6) is 0 Å². The molecule has 0 unspecified atom stereocenters. The fraction of sp³-hybridized carbons (Fsp3) is 0.800. The molecule has 3 nitrogen and oxygen atoms in total. The summed E-state index contributed by atoms with van der Waals surface area (Å²) in [6.07, 6.45) is 2.53. The third kappa shape index (κ3) is 5.43. The molecule has 8 heavy (non-hydrogen) atoms. The molecular weight excluding hydrogens is 104 g/mol. The second-order valence-corrected chi connectivity index (χ2v) is 1.36. The molecule has 0 bridgehead atoms. The van der Waals surface area contributed by atoms with Crippen molar-refractivity contribution in [3.05, 3.63) is 0 Å². The minimum atomic E-state index is 0.448. The minimum absolute atomic E-state index is 0.448. The molecule has 0 heterocycles. The normalized spacial score (nSPS) is 10.2. The van der Waals surface area contributed by atoms with Crippen molar-refractivity contribution in [1.29, 1.82) is 0 Å². The molecule has 0 radical (unpaired) electrons. The lowest BCUT2D eigenvalue weighted by Gasteiger charge is -1.90. The first-order valence-corrected chi connectivity index (χ1v) is 2.75. The number of hydrogen-bond donors (Lipinski definition) is 1. The third-order valence-corrected chi connectivity index (χ3v) is 0.550. The van der Waals surface area contributed by atoms with Crippen molar-refractivity contribution in [2.75, 3.05) is 13.2 Å². The molecule has 0 spiro atoms. The maximum Gasteiger partial charge on any atom is 0.116 e. The summed E-state index contributed by atoms with van der Waals surface area (Å²) in [5.41, 5.74) is 5.08. The van der Waals surface area contributed by atoms with Gasteiger partial charge in [0.1, 0.15) is 6.61 Å². The zero-order chi connectivity index (χ0) is 6.24. The molecule has 0 aliphatic heterocycles. The topological polar surface area (TPSA) is 47.6 Å². The SMILES string of the molecule is CCCON=CCN. The van der Waals surface area contributed by atoms with Crippen LogP contribution in [0.25, 0.3) is 0 Å². The summed E-state index contributed by atoms with van der Waals surface area (Å²) in [6.45, 7) is 3.15. The molecule has 0 amide bonds. The van der Waals surface area contributed by atoms with E-state index >= 15 is 0 Å². The van der Waals surface area contributed by atoms with Crippen molar-refractivity contribution < 1.29 is 4.84 Å². The highest BCUT2D eigenvalue weighted by Crippen LogP contribution is 1.77. The maximum atomic E-state index is 5.08. The van der Waals surface area contributed by atoms with E-state index in [0.717, 1.165) is 6.42 Å². The zero-order valence-corrected chi connectivity index (χ0v) is 5.13. The Morgan fingerprint density at radius 1 is 1.75 bits per heavy atom. The Kier molecular flexibility index (Phi) is 5.97. The molecule has 3 heteroatoms. The molecule has 0 aliphatic carbocycles. The van der Waals surface area contributed by atoms with Crippen LogP contribution in [0.3, 0.4) is 0 Å². The van der Waals surface area contributed by atoms with Crippen molar-refractivity contribution in [2.24, 2.45) is 10.9 Å². The van der Waals surface area contributed by atoms with E-state index in [1.54, 1.807) is 0 Å². The zero-order valence-electron chi connectivity index (χ0n) is 5.13. The van der Waals surface area contributed by atoms with Crippen LogP contribution in [-0.2, 0) is 4.84 Å². The second-order valence-electron chi connectivity index (χ2n) is 1.36. The lowest BCUT2D eigenvalue weighted by atomic mass is 10.5. The molecule has 0 aromatic rings. The molecule has 0 fully saturated rings. The van der Waals surface area contributed by atoms with E-state index in [0.29, 0.717) is 13.2 Å². The molecule has 0 atom stereocenters. The molecule has 48 valence electrons. The van der Waals surface area contributed by atoms with Gasteiger partial charge < -0.3 is 10.6 Å². The lowest BCUT2D eigenvalue weighted by molar-refractivity contribution is 0.146. The number of nitrogens with zero attached hydrogens (tertiary/aromatic N) is 1. The van der Waals surface area contributed by atoms with Gasteiger partial charge in [0.15, 0.2) is 0 Å². The summed E-state index contributed by atoms with van der Waals surface area (Å²) in [7, 11) is 0. The number of oxime groups is 1. The molecule has 0 aromatic carbocycles. The van der Waals surface area contributed by atoms with Crippen LogP contribution < -0.4 is 5.73 Å². The Hall–Kier alpha value is -0.570. The van der Waals surface area contributed by atoms with E-state index in [9.17, 15) is 0 Å². The smallest absolute Gasteiger partial charge is 0.116 e. The van der Waals surface area contributed by atoms with Crippen LogP contribution in [-0.4, -0.2) is 19.4 Å². The Bertz CT molecular complexity index is 63.4. The average molecular weight is 116 g/mol. The monoisotopic (exact) mass is 116 g/mol. The average Bonchev–Trinajstić information content (AvgIpc) is 1.81. The lowest BCUT2D eigenvalue weighted by Crippen LogP contribution is -1.99. The Morgan fingerprint density at radius 2 is 2.50 bits per heavy atom. The number of nitrogens with two attached hydrogens (primary N) is 1. The van der Waals surface area contributed by atoms with Crippen molar-refractivity contribution >= 4 is 6.21 Å². The van der Waals surface area contributed by atoms with Gasteiger partial charge >= 0.3 is 0 Å². The number of rotatable bonds is 4. The van der Waals surface area contributed by atoms with Crippen LogP contribution in [0, 0.1) is 0 Å². The number of hydrogen-bond acceptors (Lipinski definition) is 3. The van der Waals surface area contributed by atoms with Crippen molar-refractivity contribution in [2.45, 2.75) is 13.3 Å². The van der Waals surface area contributed by atoms with Crippen molar-refractivity contribution in [1.82, 2.24) is 0 Å². The summed E-state index contributed by atoms with van der Waals surface area (Å²) in [6, 6.07) is 0. The second kappa shape index (κ2) is 6.43. The minimum Gasteiger partial charge on any atom is -0.396 e. The summed E-state index contributed by atoms with van der Waals surface area (Å²) < 4.78 is 0. The molecule has 0 saturated heterocycles. The summed E-state index contributed by atoms with van der Waals surface area (Å²) >= 11 is 0. The molecular formula is C5H12N2O. The molecule has 2 N–H and O–H groups in total. The first-order chi connectivity index (χ1) is 3.91. The van der Waals surface area contributed by atoms with E-state index in [4.69, 9.17) is 10.6 Å². The summed E-state index contributed by atoms with van der Waals surface area (Å²) in [5, 5.41) is 3.53. The largest absolute Gasteiger partial charge is 0.396 e. The van der Waals surface area contributed by atoms with Crippen LogP contribution in [0.2, 0.25) is 0 Å². The molecule has 0 aliphatic rings. The Balaban J connectivity index is 2.80. The van der Waals surface area contributed by atoms with E-state index in [-0.39, 0.29) is 0 Å². The van der Waals surface area contributed by atoms with Crippen LogP contribution in [0.4, 0.5) is 0 Å². The predicted octanol–water partition coefficient (Wildman–Crippen LogP) is 0.358. The van der Waals surface area contributed by atoms with E-state index < -0.39 is 0 Å². The van der Waals surface area contributed by atoms with Gasteiger partial charge in [-0.2, -0.15) is 0 Å². The molecule has 0 aromatic heterocycles. The van der Waals surface area contributed by atoms with Gasteiger partial charge in [0.2, 0.25) is 0 Å².